The highest BCUT2D eigenvalue weighted by molar-refractivity contribution is 5.31. The van der Waals surface area contributed by atoms with Crippen LogP contribution in [0.25, 0.3) is 0 Å². The molecule has 3 nitrogen and oxygen atoms in total. The number of fused-ring (bicyclic) bond motifs is 1. The Balaban J connectivity index is 1.87. The van der Waals surface area contributed by atoms with Gasteiger partial charge in [-0.05, 0) is 37.9 Å². The van der Waals surface area contributed by atoms with Gasteiger partial charge in [0, 0.05) is 25.7 Å². The Kier molecular flexibility index (Phi) is 3.87. The molecule has 0 amide bonds. The van der Waals surface area contributed by atoms with Gasteiger partial charge in [-0.1, -0.05) is 24.3 Å². The summed E-state index contributed by atoms with van der Waals surface area (Å²) < 4.78 is 5.87. The lowest BCUT2D eigenvalue weighted by Crippen LogP contribution is -2.47. The van der Waals surface area contributed by atoms with Crippen LogP contribution in [0.5, 0.6) is 0 Å². The molecule has 1 aromatic carbocycles. The summed E-state index contributed by atoms with van der Waals surface area (Å²) in [6, 6.07) is 9.42. The van der Waals surface area contributed by atoms with Crippen LogP contribution in [0.4, 0.5) is 0 Å². The van der Waals surface area contributed by atoms with Crippen molar-refractivity contribution in [1.29, 1.82) is 0 Å². The molecular formula is C16H24N2O. The zero-order valence-electron chi connectivity index (χ0n) is 11.9. The smallest absolute Gasteiger partial charge is 0.0678 e. The van der Waals surface area contributed by atoms with Crippen LogP contribution < -0.4 is 5.32 Å². The van der Waals surface area contributed by atoms with Crippen LogP contribution in [0.3, 0.4) is 0 Å². The van der Waals surface area contributed by atoms with Gasteiger partial charge in [-0.15, -0.1) is 0 Å². The maximum absolute atomic E-state index is 5.87. The van der Waals surface area contributed by atoms with E-state index < -0.39 is 0 Å². The van der Waals surface area contributed by atoms with Crippen molar-refractivity contribution in [1.82, 2.24) is 10.2 Å². The summed E-state index contributed by atoms with van der Waals surface area (Å²) >= 11 is 0. The number of nitrogens with one attached hydrogen (secondary N) is 1. The largest absolute Gasteiger partial charge is 0.373 e. The summed E-state index contributed by atoms with van der Waals surface area (Å²) in [4.78, 5) is 2.62. The molecule has 1 unspecified atom stereocenters. The van der Waals surface area contributed by atoms with E-state index in [1.165, 1.54) is 17.5 Å². The molecule has 1 N–H and O–H groups in total. The second-order valence-corrected chi connectivity index (χ2v) is 5.89. The molecule has 0 aliphatic carbocycles. The molecule has 0 radical (unpaired) electrons. The van der Waals surface area contributed by atoms with Gasteiger partial charge in [0.1, 0.15) is 0 Å². The summed E-state index contributed by atoms with van der Waals surface area (Å²) in [7, 11) is 0. The first-order valence-corrected chi connectivity index (χ1v) is 7.42. The molecule has 0 saturated carbocycles. The Labute approximate surface area is 115 Å². The fourth-order valence-corrected chi connectivity index (χ4v) is 3.49. The molecule has 104 valence electrons. The first-order valence-electron chi connectivity index (χ1n) is 7.42. The Bertz CT molecular complexity index is 425. The molecule has 19 heavy (non-hydrogen) atoms. The summed E-state index contributed by atoms with van der Waals surface area (Å²) in [6.45, 7) is 8.56. The summed E-state index contributed by atoms with van der Waals surface area (Å²) in [5.74, 6) is 0. The van der Waals surface area contributed by atoms with Crippen LogP contribution in [0, 0.1) is 0 Å². The maximum atomic E-state index is 5.87. The number of benzene rings is 1. The number of hydrogen-bond acceptors (Lipinski definition) is 3. The van der Waals surface area contributed by atoms with E-state index in [-0.39, 0.29) is 0 Å². The van der Waals surface area contributed by atoms with Gasteiger partial charge in [-0.2, -0.15) is 0 Å². The molecule has 3 heteroatoms. The van der Waals surface area contributed by atoms with Gasteiger partial charge < -0.3 is 10.1 Å². The van der Waals surface area contributed by atoms with E-state index in [0.717, 1.165) is 26.2 Å². The second-order valence-electron chi connectivity index (χ2n) is 5.89. The zero-order valence-corrected chi connectivity index (χ0v) is 11.9. The average molecular weight is 260 g/mol. The monoisotopic (exact) mass is 260 g/mol. The third-order valence-electron chi connectivity index (χ3n) is 4.21. The minimum Gasteiger partial charge on any atom is -0.373 e. The van der Waals surface area contributed by atoms with Crippen LogP contribution >= 0.6 is 0 Å². The van der Waals surface area contributed by atoms with Crippen molar-refractivity contribution < 1.29 is 4.74 Å². The number of ether oxygens (including phenoxy) is 1. The van der Waals surface area contributed by atoms with Crippen LogP contribution in [-0.2, 0) is 11.3 Å². The topological polar surface area (TPSA) is 24.5 Å². The fraction of sp³-hybridized carbons (Fsp3) is 0.625. The SMILES string of the molecule is C[C@@H]1CN(C2CCNCc3ccccc32)C[C@H](C)O1. The van der Waals surface area contributed by atoms with Gasteiger partial charge in [0.25, 0.3) is 0 Å². The molecular weight excluding hydrogens is 236 g/mol. The Morgan fingerprint density at radius 3 is 2.68 bits per heavy atom. The van der Waals surface area contributed by atoms with Crippen molar-refractivity contribution in [2.45, 2.75) is 45.1 Å². The highest BCUT2D eigenvalue weighted by Crippen LogP contribution is 2.31. The van der Waals surface area contributed by atoms with Crippen molar-refractivity contribution in [2.75, 3.05) is 19.6 Å². The minimum absolute atomic E-state index is 0.340. The van der Waals surface area contributed by atoms with Gasteiger partial charge in [0.2, 0.25) is 0 Å². The van der Waals surface area contributed by atoms with E-state index in [4.69, 9.17) is 4.74 Å². The quantitative estimate of drug-likeness (QED) is 0.839. The molecule has 3 rings (SSSR count). The van der Waals surface area contributed by atoms with Crippen LogP contribution in [0.2, 0.25) is 0 Å². The summed E-state index contributed by atoms with van der Waals surface area (Å²) in [6.07, 6.45) is 1.87. The summed E-state index contributed by atoms with van der Waals surface area (Å²) in [5.41, 5.74) is 2.96. The number of rotatable bonds is 1. The number of morpholine rings is 1. The molecule has 1 aromatic rings. The van der Waals surface area contributed by atoms with Crippen LogP contribution in [0.1, 0.15) is 37.4 Å². The van der Waals surface area contributed by atoms with Crippen molar-refractivity contribution in [3.05, 3.63) is 35.4 Å². The Hall–Kier alpha value is -0.900. The van der Waals surface area contributed by atoms with Crippen molar-refractivity contribution in [2.24, 2.45) is 0 Å². The van der Waals surface area contributed by atoms with E-state index >= 15 is 0 Å². The predicted molar refractivity (Wildman–Crippen MR) is 77.1 cm³/mol. The lowest BCUT2D eigenvalue weighted by atomic mass is 9.97. The normalized spacial score (nSPS) is 32.6. The van der Waals surface area contributed by atoms with Gasteiger partial charge >= 0.3 is 0 Å². The second kappa shape index (κ2) is 5.61. The predicted octanol–water partition coefficient (Wildman–Crippen LogP) is 2.33. The van der Waals surface area contributed by atoms with Gasteiger partial charge in [-0.25, -0.2) is 0 Å². The van der Waals surface area contributed by atoms with Crippen molar-refractivity contribution in [3.8, 4) is 0 Å². The van der Waals surface area contributed by atoms with Crippen molar-refractivity contribution >= 4 is 0 Å². The number of nitrogens with zero attached hydrogens (tertiary/aromatic N) is 1. The van der Waals surface area contributed by atoms with Gasteiger partial charge in [0.05, 0.1) is 12.2 Å². The lowest BCUT2D eigenvalue weighted by Gasteiger charge is -2.40. The van der Waals surface area contributed by atoms with Gasteiger partial charge in [-0.3, -0.25) is 4.90 Å². The van der Waals surface area contributed by atoms with E-state index in [2.05, 4.69) is 48.3 Å². The Morgan fingerprint density at radius 1 is 1.16 bits per heavy atom. The first kappa shape index (κ1) is 13.1. The third-order valence-corrected chi connectivity index (χ3v) is 4.21. The van der Waals surface area contributed by atoms with E-state index in [0.29, 0.717) is 18.2 Å². The Morgan fingerprint density at radius 2 is 1.89 bits per heavy atom. The average Bonchev–Trinajstić information content (AvgIpc) is 2.59. The van der Waals surface area contributed by atoms with Crippen molar-refractivity contribution in [3.63, 3.8) is 0 Å². The fourth-order valence-electron chi connectivity index (χ4n) is 3.49. The molecule has 2 heterocycles. The van der Waals surface area contributed by atoms with Crippen LogP contribution in [-0.4, -0.2) is 36.7 Å². The van der Waals surface area contributed by atoms with Gasteiger partial charge in [0.15, 0.2) is 0 Å². The van der Waals surface area contributed by atoms with E-state index in [1.807, 2.05) is 0 Å². The standard InChI is InChI=1S/C16H24N2O/c1-12-10-18(11-13(2)19-12)16-7-8-17-9-14-5-3-4-6-15(14)16/h3-6,12-13,16-17H,7-11H2,1-2H3/t12-,13+,16?. The highest BCUT2D eigenvalue weighted by atomic mass is 16.5. The van der Waals surface area contributed by atoms with E-state index in [9.17, 15) is 0 Å². The molecule has 1 fully saturated rings. The molecule has 0 bridgehead atoms. The molecule has 0 spiro atoms. The molecule has 0 aromatic heterocycles. The molecule has 2 aliphatic rings. The molecule has 1 saturated heterocycles. The highest BCUT2D eigenvalue weighted by Gasteiger charge is 2.30. The lowest BCUT2D eigenvalue weighted by molar-refractivity contribution is -0.0816. The third kappa shape index (κ3) is 2.83. The maximum Gasteiger partial charge on any atom is 0.0678 e. The zero-order chi connectivity index (χ0) is 13.2. The summed E-state index contributed by atoms with van der Waals surface area (Å²) in [5, 5.41) is 3.54. The molecule has 2 aliphatic heterocycles. The first-order chi connectivity index (χ1) is 9.24. The number of hydrogen-bond donors (Lipinski definition) is 1. The molecule has 3 atom stereocenters. The van der Waals surface area contributed by atoms with Crippen LogP contribution in [0.15, 0.2) is 24.3 Å². The van der Waals surface area contributed by atoms with E-state index in [1.54, 1.807) is 0 Å². The minimum atomic E-state index is 0.340.